The van der Waals surface area contributed by atoms with Crippen molar-refractivity contribution in [2.45, 2.75) is 44.7 Å². The average molecular weight is 407 g/mol. The summed E-state index contributed by atoms with van der Waals surface area (Å²) in [5.41, 5.74) is 5.14. The van der Waals surface area contributed by atoms with Gasteiger partial charge in [0.25, 0.3) is 0 Å². The smallest absolute Gasteiger partial charge is 0.315 e. The Bertz CT molecular complexity index is 688. The molecule has 3 atom stereocenters. The predicted molar refractivity (Wildman–Crippen MR) is 106 cm³/mol. The first-order chi connectivity index (χ1) is 13.7. The predicted octanol–water partition coefficient (Wildman–Crippen LogP) is -0.738. The fraction of sp³-hybridized carbons (Fsp3) is 0.526. The highest BCUT2D eigenvalue weighted by molar-refractivity contribution is 5.93. The molecule has 5 amide bonds. The van der Waals surface area contributed by atoms with Crippen molar-refractivity contribution in [3.8, 4) is 0 Å². The molecule has 1 rings (SSSR count). The Hall–Kier alpha value is -3.17. The first kappa shape index (κ1) is 23.9. The van der Waals surface area contributed by atoms with Crippen LogP contribution in [0.25, 0.3) is 0 Å². The summed E-state index contributed by atoms with van der Waals surface area (Å²) < 4.78 is 0. The van der Waals surface area contributed by atoms with Gasteiger partial charge in [0, 0.05) is 38.6 Å². The molecule has 10 heteroatoms. The highest BCUT2D eigenvalue weighted by Gasteiger charge is 2.27. The van der Waals surface area contributed by atoms with Crippen molar-refractivity contribution in [3.05, 3.63) is 24.3 Å². The maximum Gasteiger partial charge on any atom is 0.315 e. The Morgan fingerprint density at radius 1 is 1.28 bits per heavy atom. The van der Waals surface area contributed by atoms with Gasteiger partial charge in [-0.05, 0) is 19.8 Å². The highest BCUT2D eigenvalue weighted by atomic mass is 16.2. The van der Waals surface area contributed by atoms with Crippen LogP contribution in [0.2, 0.25) is 0 Å². The second-order valence-electron chi connectivity index (χ2n) is 6.72. The number of ketones is 1. The molecule has 0 saturated heterocycles. The van der Waals surface area contributed by atoms with Gasteiger partial charge in [-0.2, -0.15) is 0 Å². The molecule has 0 aromatic heterocycles. The van der Waals surface area contributed by atoms with Crippen LogP contribution in [0.3, 0.4) is 0 Å². The van der Waals surface area contributed by atoms with E-state index >= 15 is 0 Å². The van der Waals surface area contributed by atoms with E-state index in [1.165, 1.54) is 13.1 Å². The van der Waals surface area contributed by atoms with E-state index in [4.69, 9.17) is 5.73 Å². The minimum absolute atomic E-state index is 0.0464. The number of primary amides is 1. The van der Waals surface area contributed by atoms with Crippen LogP contribution in [-0.4, -0.2) is 55.2 Å². The third kappa shape index (κ3) is 9.54. The number of rotatable bonds is 7. The molecule has 0 fully saturated rings. The lowest BCUT2D eigenvalue weighted by atomic mass is 9.94. The van der Waals surface area contributed by atoms with Crippen LogP contribution >= 0.6 is 0 Å². The summed E-state index contributed by atoms with van der Waals surface area (Å²) in [4.78, 5) is 59.6. The van der Waals surface area contributed by atoms with E-state index in [1.807, 2.05) is 0 Å². The number of nitrogens with two attached hydrogens (primary N) is 1. The molecule has 160 valence electrons. The number of amides is 5. The summed E-state index contributed by atoms with van der Waals surface area (Å²) in [7, 11) is 1.40. The minimum Gasteiger partial charge on any atom is -0.370 e. The van der Waals surface area contributed by atoms with Crippen molar-refractivity contribution in [2.75, 3.05) is 13.6 Å². The van der Waals surface area contributed by atoms with Crippen LogP contribution in [-0.2, 0) is 19.2 Å². The van der Waals surface area contributed by atoms with Gasteiger partial charge < -0.3 is 27.0 Å². The summed E-state index contributed by atoms with van der Waals surface area (Å²) >= 11 is 0. The van der Waals surface area contributed by atoms with Crippen LogP contribution in [0.15, 0.2) is 24.3 Å². The Balaban J connectivity index is 2.91. The van der Waals surface area contributed by atoms with Crippen molar-refractivity contribution < 1.29 is 24.0 Å². The molecule has 0 aromatic carbocycles. The number of hydrogen-bond acceptors (Lipinski definition) is 5. The average Bonchev–Trinajstić information content (AvgIpc) is 2.66. The fourth-order valence-corrected chi connectivity index (χ4v) is 2.65. The van der Waals surface area contributed by atoms with Crippen LogP contribution in [0.5, 0.6) is 0 Å². The molecule has 0 bridgehead atoms. The van der Waals surface area contributed by atoms with Gasteiger partial charge >= 0.3 is 6.03 Å². The number of nitrogens with one attached hydrogen (secondary N) is 4. The first-order valence-electron chi connectivity index (χ1n) is 9.45. The minimum atomic E-state index is -0.943. The van der Waals surface area contributed by atoms with E-state index < -0.39 is 29.9 Å². The lowest BCUT2D eigenvalue weighted by molar-refractivity contribution is -0.129. The Kier molecular flexibility index (Phi) is 10.1. The SMILES string of the molecule is CNC(=O)NC(CCC(N)=O)C(=O)C[C@H]1/C=C/CCNC(=O)/C=C/[C@H](C)NC1=O. The van der Waals surface area contributed by atoms with Gasteiger partial charge in [-0.25, -0.2) is 4.79 Å². The van der Waals surface area contributed by atoms with Crippen molar-refractivity contribution >= 4 is 29.5 Å². The molecule has 1 aliphatic heterocycles. The summed E-state index contributed by atoms with van der Waals surface area (Å²) in [6.45, 7) is 2.11. The molecule has 1 heterocycles. The van der Waals surface area contributed by atoms with Gasteiger partial charge in [-0.1, -0.05) is 18.2 Å². The topological polar surface area (TPSA) is 159 Å². The Morgan fingerprint density at radius 3 is 2.66 bits per heavy atom. The van der Waals surface area contributed by atoms with E-state index in [-0.39, 0.29) is 36.9 Å². The van der Waals surface area contributed by atoms with E-state index in [0.29, 0.717) is 13.0 Å². The van der Waals surface area contributed by atoms with E-state index in [9.17, 15) is 24.0 Å². The van der Waals surface area contributed by atoms with Crippen molar-refractivity contribution in [2.24, 2.45) is 11.7 Å². The number of carbonyl (C=O) groups excluding carboxylic acids is 5. The number of urea groups is 1. The van der Waals surface area contributed by atoms with Gasteiger partial charge in [-0.15, -0.1) is 0 Å². The first-order valence-corrected chi connectivity index (χ1v) is 9.45. The maximum absolute atomic E-state index is 12.7. The number of carbonyl (C=O) groups is 5. The molecular formula is C19H29N5O5. The summed E-state index contributed by atoms with van der Waals surface area (Å²) in [6, 6.07) is -1.92. The molecule has 0 spiro atoms. The molecule has 29 heavy (non-hydrogen) atoms. The van der Waals surface area contributed by atoms with Crippen LogP contribution in [0.1, 0.15) is 32.6 Å². The number of hydrogen-bond donors (Lipinski definition) is 5. The van der Waals surface area contributed by atoms with E-state index in [1.54, 1.807) is 25.2 Å². The lowest BCUT2D eigenvalue weighted by Crippen LogP contribution is -2.46. The molecule has 1 aliphatic rings. The third-order valence-corrected chi connectivity index (χ3v) is 4.24. The molecule has 6 N–H and O–H groups in total. The molecule has 0 aliphatic carbocycles. The molecule has 0 radical (unpaired) electrons. The summed E-state index contributed by atoms with van der Waals surface area (Å²) in [5.74, 6) is -2.35. The zero-order valence-electron chi connectivity index (χ0n) is 16.7. The van der Waals surface area contributed by atoms with Gasteiger partial charge in [0.2, 0.25) is 17.7 Å². The van der Waals surface area contributed by atoms with E-state index in [0.717, 1.165) is 0 Å². The Morgan fingerprint density at radius 2 is 2.00 bits per heavy atom. The second-order valence-corrected chi connectivity index (χ2v) is 6.72. The summed E-state index contributed by atoms with van der Waals surface area (Å²) in [5, 5.41) is 10.3. The third-order valence-electron chi connectivity index (χ3n) is 4.24. The molecular weight excluding hydrogens is 378 g/mol. The van der Waals surface area contributed by atoms with Gasteiger partial charge in [0.05, 0.1) is 12.0 Å². The second kappa shape index (κ2) is 12.3. The van der Waals surface area contributed by atoms with Gasteiger partial charge in [-0.3, -0.25) is 19.2 Å². The van der Waals surface area contributed by atoms with Crippen molar-refractivity contribution in [1.29, 1.82) is 0 Å². The van der Waals surface area contributed by atoms with E-state index in [2.05, 4.69) is 21.3 Å². The largest absolute Gasteiger partial charge is 0.370 e. The normalized spacial score (nSPS) is 23.2. The zero-order chi connectivity index (χ0) is 21.8. The molecule has 10 nitrogen and oxygen atoms in total. The van der Waals surface area contributed by atoms with Gasteiger partial charge in [0.15, 0.2) is 5.78 Å². The van der Waals surface area contributed by atoms with Crippen LogP contribution in [0.4, 0.5) is 4.79 Å². The molecule has 0 saturated carbocycles. The van der Waals surface area contributed by atoms with Gasteiger partial charge in [0.1, 0.15) is 0 Å². The standard InChI is InChI=1S/C19H29N5O5/c1-12-6-9-17(27)22-10-4-3-5-13(18(28)23-12)11-15(25)14(7-8-16(20)26)24-19(29)21-2/h3,5-6,9,12-14H,4,7-8,10-11H2,1-2H3,(H2,20,26)(H,22,27)(H,23,28)(H2,21,24,29)/b5-3+,9-6+/t12-,13+,14?/m0/s1. The molecule has 1 unspecified atom stereocenters. The zero-order valence-corrected chi connectivity index (χ0v) is 16.7. The highest BCUT2D eigenvalue weighted by Crippen LogP contribution is 2.12. The lowest BCUT2D eigenvalue weighted by Gasteiger charge is -2.20. The summed E-state index contributed by atoms with van der Waals surface area (Å²) in [6.07, 6.45) is 6.55. The van der Waals surface area contributed by atoms with Crippen LogP contribution < -0.4 is 27.0 Å². The monoisotopic (exact) mass is 407 g/mol. The van der Waals surface area contributed by atoms with Crippen LogP contribution in [0, 0.1) is 5.92 Å². The fourth-order valence-electron chi connectivity index (χ4n) is 2.65. The van der Waals surface area contributed by atoms with Crippen molar-refractivity contribution in [3.63, 3.8) is 0 Å². The number of Topliss-reactive ketones (excluding diaryl/α,β-unsaturated/α-hetero) is 1. The van der Waals surface area contributed by atoms with Crippen molar-refractivity contribution in [1.82, 2.24) is 21.3 Å². The maximum atomic E-state index is 12.7. The quantitative estimate of drug-likeness (QED) is 0.351. The molecule has 0 aromatic rings. The Labute approximate surface area is 169 Å².